The maximum atomic E-state index is 6.62. The minimum Gasteiger partial charge on any atom is -0.456 e. The molecule has 0 saturated heterocycles. The number of hydrogen-bond acceptors (Lipinski definition) is 4. The van der Waals surface area contributed by atoms with E-state index in [4.69, 9.17) is 13.8 Å². The fourth-order valence-corrected chi connectivity index (χ4v) is 8.53. The van der Waals surface area contributed by atoms with Crippen molar-refractivity contribution < 1.29 is 8.83 Å². The van der Waals surface area contributed by atoms with Gasteiger partial charge in [-0.05, 0) is 60.3 Å². The molecule has 0 atom stereocenters. The van der Waals surface area contributed by atoms with Gasteiger partial charge < -0.3 is 13.4 Å². The summed E-state index contributed by atoms with van der Waals surface area (Å²) in [6.45, 7) is 6.20. The molecular formula is C42H26N2O2S. The number of aromatic nitrogens is 2. The van der Waals surface area contributed by atoms with Crippen LogP contribution in [0.2, 0.25) is 0 Å². The molecule has 0 N–H and O–H groups in total. The molecule has 0 fully saturated rings. The molecule has 0 aliphatic rings. The molecule has 4 aromatic heterocycles. The number of nitrogens with zero attached hydrogens (tertiary/aromatic N) is 2. The highest BCUT2D eigenvalue weighted by atomic mass is 32.1. The van der Waals surface area contributed by atoms with Crippen molar-refractivity contribution in [3.8, 4) is 17.1 Å². The summed E-state index contributed by atoms with van der Waals surface area (Å²) in [6.07, 6.45) is 6.27. The zero-order chi connectivity index (χ0) is 31.2. The van der Waals surface area contributed by atoms with E-state index < -0.39 is 0 Å². The summed E-state index contributed by atoms with van der Waals surface area (Å²) in [5, 5.41) is 8.17. The maximum absolute atomic E-state index is 6.62. The summed E-state index contributed by atoms with van der Waals surface area (Å²) in [6, 6.07) is 38.2. The molecule has 0 unspecified atom stereocenters. The van der Waals surface area contributed by atoms with Crippen molar-refractivity contribution >= 4 is 99.2 Å². The molecular weight excluding hydrogens is 597 g/mol. The number of allylic oxidation sites excluding steroid dienone is 1. The molecule has 222 valence electrons. The van der Waals surface area contributed by atoms with Gasteiger partial charge in [0, 0.05) is 53.5 Å². The lowest BCUT2D eigenvalue weighted by Gasteiger charge is -2.12. The van der Waals surface area contributed by atoms with Crippen molar-refractivity contribution in [2.45, 2.75) is 6.92 Å². The van der Waals surface area contributed by atoms with Gasteiger partial charge >= 0.3 is 0 Å². The summed E-state index contributed by atoms with van der Waals surface area (Å²) >= 11 is 1.81. The Kier molecular flexibility index (Phi) is 5.48. The number of fused-ring (bicyclic) bond motifs is 11. The Hall–Kier alpha value is -5.91. The van der Waals surface area contributed by atoms with Crippen LogP contribution in [0.3, 0.4) is 0 Å². The van der Waals surface area contributed by atoms with Crippen molar-refractivity contribution in [2.24, 2.45) is 0 Å². The number of thiophene rings is 1. The zero-order valence-corrected chi connectivity index (χ0v) is 26.3. The Morgan fingerprint density at radius 2 is 1.49 bits per heavy atom. The Labute approximate surface area is 273 Å². The third kappa shape index (κ3) is 3.66. The van der Waals surface area contributed by atoms with Gasteiger partial charge in [0.2, 0.25) is 5.89 Å². The van der Waals surface area contributed by atoms with E-state index in [9.17, 15) is 0 Å². The van der Waals surface area contributed by atoms with E-state index >= 15 is 0 Å². The quantitative estimate of drug-likeness (QED) is 0.196. The first-order chi connectivity index (χ1) is 23.2. The predicted molar refractivity (Wildman–Crippen MR) is 199 cm³/mol. The summed E-state index contributed by atoms with van der Waals surface area (Å²) in [5.74, 6) is 0.603. The summed E-state index contributed by atoms with van der Waals surface area (Å²) < 4.78 is 16.4. The molecule has 5 heteroatoms. The van der Waals surface area contributed by atoms with E-state index in [2.05, 4.69) is 103 Å². The van der Waals surface area contributed by atoms with Crippen LogP contribution in [0.1, 0.15) is 17.4 Å². The van der Waals surface area contributed by atoms with Crippen LogP contribution in [0.4, 0.5) is 0 Å². The Bertz CT molecular complexity index is 2910. The average molecular weight is 623 g/mol. The normalized spacial score (nSPS) is 12.4. The highest BCUT2D eigenvalue weighted by molar-refractivity contribution is 7.21. The van der Waals surface area contributed by atoms with E-state index in [-0.39, 0.29) is 0 Å². The van der Waals surface area contributed by atoms with Gasteiger partial charge in [0.1, 0.15) is 16.7 Å². The number of oxazole rings is 1. The molecule has 0 radical (unpaired) electrons. The second-order valence-electron chi connectivity index (χ2n) is 11.9. The van der Waals surface area contributed by atoms with Gasteiger partial charge in [-0.2, -0.15) is 0 Å². The van der Waals surface area contributed by atoms with Crippen molar-refractivity contribution in [3.05, 3.63) is 132 Å². The fraction of sp³-hybridized carbons (Fsp3) is 0.0238. The van der Waals surface area contributed by atoms with Crippen LogP contribution < -0.4 is 0 Å². The smallest absolute Gasteiger partial charge is 0.227 e. The SMILES string of the molecule is C=Cc1sc2c(ccc3c2c2ccccc2n3-c2cc3oc4ccc(-c5nc6ccccc6o5)cc4c3c3ccccc23)c1/C=C\C. The van der Waals surface area contributed by atoms with Gasteiger partial charge in [0.05, 0.1) is 16.7 Å². The van der Waals surface area contributed by atoms with E-state index in [0.717, 1.165) is 60.6 Å². The summed E-state index contributed by atoms with van der Waals surface area (Å²) in [4.78, 5) is 5.95. The monoisotopic (exact) mass is 622 g/mol. The first-order valence-corrected chi connectivity index (χ1v) is 16.5. The van der Waals surface area contributed by atoms with Crippen molar-refractivity contribution in [3.63, 3.8) is 0 Å². The average Bonchev–Trinajstić information content (AvgIpc) is 3.87. The minimum absolute atomic E-state index is 0.603. The standard InChI is InChI=1S/C42H26N2O2S/c1-3-11-26-28-19-20-33-40(41(28)47-38(26)4-2)29-14-7-9-16-32(29)44(33)34-23-37-39(27-13-6-5-12-25(27)34)30-22-24(18-21-35(30)45-37)42-43-31-15-8-10-17-36(31)46-42/h3-23H,2H2,1H3/b11-3-. The van der Waals surface area contributed by atoms with Crippen LogP contribution in [0.15, 0.2) is 131 Å². The lowest BCUT2D eigenvalue weighted by Crippen LogP contribution is -1.95. The molecule has 4 nitrogen and oxygen atoms in total. The minimum atomic E-state index is 0.603. The lowest BCUT2D eigenvalue weighted by atomic mass is 10.0. The van der Waals surface area contributed by atoms with E-state index in [1.807, 2.05) is 53.8 Å². The van der Waals surface area contributed by atoms with Gasteiger partial charge in [-0.1, -0.05) is 85.5 Å². The Morgan fingerprint density at radius 1 is 0.681 bits per heavy atom. The third-order valence-corrected chi connectivity index (χ3v) is 10.5. The van der Waals surface area contributed by atoms with Crippen LogP contribution in [0.5, 0.6) is 0 Å². The summed E-state index contributed by atoms with van der Waals surface area (Å²) in [5.41, 5.74) is 8.87. The van der Waals surface area contributed by atoms with Crippen LogP contribution in [-0.2, 0) is 0 Å². The van der Waals surface area contributed by atoms with Gasteiger partial charge in [-0.3, -0.25) is 0 Å². The second kappa shape index (κ2) is 9.79. The second-order valence-corrected chi connectivity index (χ2v) is 12.9. The molecule has 0 spiro atoms. The maximum Gasteiger partial charge on any atom is 0.227 e. The van der Waals surface area contributed by atoms with Crippen LogP contribution in [0, 0.1) is 0 Å². The van der Waals surface area contributed by atoms with Gasteiger partial charge in [0.15, 0.2) is 5.58 Å². The first kappa shape index (κ1) is 26.3. The van der Waals surface area contributed by atoms with E-state index in [0.29, 0.717) is 5.89 Å². The molecule has 4 heterocycles. The van der Waals surface area contributed by atoms with Crippen LogP contribution >= 0.6 is 11.3 Å². The molecule has 10 aromatic rings. The first-order valence-electron chi connectivity index (χ1n) is 15.7. The van der Waals surface area contributed by atoms with Crippen molar-refractivity contribution in [2.75, 3.05) is 0 Å². The van der Waals surface area contributed by atoms with Gasteiger partial charge in [-0.15, -0.1) is 11.3 Å². The highest BCUT2D eigenvalue weighted by Gasteiger charge is 2.22. The molecule has 0 aliphatic carbocycles. The number of benzene rings is 6. The molecule has 0 saturated carbocycles. The third-order valence-electron chi connectivity index (χ3n) is 9.31. The highest BCUT2D eigenvalue weighted by Crippen LogP contribution is 2.45. The van der Waals surface area contributed by atoms with Gasteiger partial charge in [0.25, 0.3) is 0 Å². The summed E-state index contributed by atoms with van der Waals surface area (Å²) in [7, 11) is 0. The molecule has 0 amide bonds. The van der Waals surface area contributed by atoms with Crippen LogP contribution in [0.25, 0.3) is 105 Å². The number of para-hydroxylation sites is 3. The topological polar surface area (TPSA) is 44.1 Å². The molecule has 0 bridgehead atoms. The molecule has 6 aromatic carbocycles. The van der Waals surface area contributed by atoms with Crippen LogP contribution in [-0.4, -0.2) is 9.55 Å². The Balaban J connectivity index is 1.28. The van der Waals surface area contributed by atoms with Crippen molar-refractivity contribution in [1.82, 2.24) is 9.55 Å². The molecule has 0 aliphatic heterocycles. The fourth-order valence-electron chi connectivity index (χ4n) is 7.33. The number of furan rings is 1. The largest absolute Gasteiger partial charge is 0.456 e. The lowest BCUT2D eigenvalue weighted by molar-refractivity contribution is 0.620. The predicted octanol–water partition coefficient (Wildman–Crippen LogP) is 12.5. The van der Waals surface area contributed by atoms with Gasteiger partial charge in [-0.25, -0.2) is 4.98 Å². The van der Waals surface area contributed by atoms with E-state index in [1.165, 1.54) is 36.8 Å². The number of hydrogen-bond donors (Lipinski definition) is 0. The van der Waals surface area contributed by atoms with E-state index in [1.54, 1.807) is 0 Å². The Morgan fingerprint density at radius 3 is 2.34 bits per heavy atom. The number of rotatable bonds is 4. The molecule has 47 heavy (non-hydrogen) atoms. The zero-order valence-electron chi connectivity index (χ0n) is 25.5. The molecule has 10 rings (SSSR count). The van der Waals surface area contributed by atoms with Crippen molar-refractivity contribution in [1.29, 1.82) is 0 Å².